The van der Waals surface area contributed by atoms with Crippen LogP contribution < -0.4 is 16.4 Å². The second-order valence-electron chi connectivity index (χ2n) is 4.73. The third-order valence-corrected chi connectivity index (χ3v) is 3.51. The fourth-order valence-electron chi connectivity index (χ4n) is 2.24. The molecular formula is C15H17N5S. The maximum Gasteiger partial charge on any atom is 0.170 e. The standard InChI is InChI=1S/C15H17N5S/c1-9-7-12(20-15(21)19-6-4-16)10(2)13-11(8-17)3-5-18-14(9)13/h3,5,7H,4,6,16H2,1-2H3,(H2,19,20,21). The molecule has 5 nitrogen and oxygen atoms in total. The van der Waals surface area contributed by atoms with Gasteiger partial charge in [-0.15, -0.1) is 0 Å². The first-order chi connectivity index (χ1) is 10.1. The summed E-state index contributed by atoms with van der Waals surface area (Å²) in [7, 11) is 0. The lowest BCUT2D eigenvalue weighted by Crippen LogP contribution is -2.32. The zero-order valence-corrected chi connectivity index (χ0v) is 12.8. The molecule has 0 unspecified atom stereocenters. The number of nitrogens with one attached hydrogen (secondary N) is 2. The number of aryl methyl sites for hydroxylation is 2. The summed E-state index contributed by atoms with van der Waals surface area (Å²) in [5.74, 6) is 0. The largest absolute Gasteiger partial charge is 0.361 e. The molecule has 2 rings (SSSR count). The molecule has 0 bridgehead atoms. The van der Waals surface area contributed by atoms with Gasteiger partial charge in [0.2, 0.25) is 0 Å². The molecule has 0 aliphatic rings. The lowest BCUT2D eigenvalue weighted by Gasteiger charge is -2.15. The third-order valence-electron chi connectivity index (χ3n) is 3.26. The predicted molar refractivity (Wildman–Crippen MR) is 89.2 cm³/mol. The molecule has 0 spiro atoms. The summed E-state index contributed by atoms with van der Waals surface area (Å²) >= 11 is 5.23. The van der Waals surface area contributed by atoms with Crippen molar-refractivity contribution in [1.82, 2.24) is 10.3 Å². The number of rotatable bonds is 3. The second kappa shape index (κ2) is 6.48. The Morgan fingerprint density at radius 2 is 2.24 bits per heavy atom. The number of nitriles is 1. The summed E-state index contributed by atoms with van der Waals surface area (Å²) in [5, 5.41) is 16.8. The molecule has 21 heavy (non-hydrogen) atoms. The summed E-state index contributed by atoms with van der Waals surface area (Å²) in [6.07, 6.45) is 1.66. The zero-order valence-electron chi connectivity index (χ0n) is 12.0. The Labute approximate surface area is 129 Å². The van der Waals surface area contributed by atoms with Gasteiger partial charge in [-0.3, -0.25) is 4.98 Å². The molecule has 0 saturated carbocycles. The molecule has 0 atom stereocenters. The summed E-state index contributed by atoms with van der Waals surface area (Å²) in [4.78, 5) is 4.38. The van der Waals surface area contributed by atoms with Gasteiger partial charge in [-0.25, -0.2) is 0 Å². The van der Waals surface area contributed by atoms with Crippen LogP contribution in [0.2, 0.25) is 0 Å². The molecule has 2 aromatic rings. The highest BCUT2D eigenvalue weighted by molar-refractivity contribution is 7.80. The van der Waals surface area contributed by atoms with E-state index >= 15 is 0 Å². The van der Waals surface area contributed by atoms with E-state index in [-0.39, 0.29) is 0 Å². The van der Waals surface area contributed by atoms with E-state index in [1.165, 1.54) is 0 Å². The van der Waals surface area contributed by atoms with Crippen molar-refractivity contribution >= 4 is 33.9 Å². The van der Waals surface area contributed by atoms with Gasteiger partial charge >= 0.3 is 0 Å². The summed E-state index contributed by atoms with van der Waals surface area (Å²) in [6, 6.07) is 5.93. The van der Waals surface area contributed by atoms with Crippen LogP contribution in [0.5, 0.6) is 0 Å². The number of nitrogens with two attached hydrogens (primary N) is 1. The maximum absolute atomic E-state index is 9.29. The Kier molecular flexibility index (Phi) is 4.68. The van der Waals surface area contributed by atoms with E-state index in [1.807, 2.05) is 19.9 Å². The lowest BCUT2D eigenvalue weighted by molar-refractivity contribution is 0.883. The van der Waals surface area contributed by atoms with E-state index in [1.54, 1.807) is 12.3 Å². The molecule has 1 aromatic heterocycles. The average molecular weight is 299 g/mol. The van der Waals surface area contributed by atoms with E-state index < -0.39 is 0 Å². The van der Waals surface area contributed by atoms with E-state index in [2.05, 4.69) is 21.7 Å². The van der Waals surface area contributed by atoms with Crippen molar-refractivity contribution in [1.29, 1.82) is 5.26 Å². The molecule has 1 aromatic carbocycles. The van der Waals surface area contributed by atoms with Crippen molar-refractivity contribution in [2.75, 3.05) is 18.4 Å². The van der Waals surface area contributed by atoms with Gasteiger partial charge in [0.1, 0.15) is 0 Å². The lowest BCUT2D eigenvalue weighted by atomic mass is 9.99. The number of fused-ring (bicyclic) bond motifs is 1. The zero-order chi connectivity index (χ0) is 15.4. The van der Waals surface area contributed by atoms with Crippen LogP contribution in [0, 0.1) is 25.2 Å². The smallest absolute Gasteiger partial charge is 0.170 e. The molecule has 0 fully saturated rings. The van der Waals surface area contributed by atoms with Crippen LogP contribution in [-0.4, -0.2) is 23.2 Å². The third kappa shape index (κ3) is 3.10. The fraction of sp³-hybridized carbons (Fsp3) is 0.267. The van der Waals surface area contributed by atoms with Crippen LogP contribution in [0.1, 0.15) is 16.7 Å². The minimum atomic E-state index is 0.514. The molecular weight excluding hydrogens is 282 g/mol. The van der Waals surface area contributed by atoms with Crippen LogP contribution in [0.25, 0.3) is 10.9 Å². The van der Waals surface area contributed by atoms with Crippen molar-refractivity contribution in [2.45, 2.75) is 13.8 Å². The first kappa shape index (κ1) is 15.2. The molecule has 4 N–H and O–H groups in total. The highest BCUT2D eigenvalue weighted by Crippen LogP contribution is 2.29. The highest BCUT2D eigenvalue weighted by Gasteiger charge is 2.12. The van der Waals surface area contributed by atoms with Gasteiger partial charge in [-0.1, -0.05) is 0 Å². The van der Waals surface area contributed by atoms with Crippen molar-refractivity contribution in [3.05, 3.63) is 35.0 Å². The van der Waals surface area contributed by atoms with Gasteiger partial charge in [0.05, 0.1) is 17.1 Å². The number of benzene rings is 1. The molecule has 108 valence electrons. The summed E-state index contributed by atoms with van der Waals surface area (Å²) < 4.78 is 0. The van der Waals surface area contributed by atoms with E-state index in [4.69, 9.17) is 18.0 Å². The average Bonchev–Trinajstić information content (AvgIpc) is 2.49. The first-order valence-electron chi connectivity index (χ1n) is 6.62. The van der Waals surface area contributed by atoms with Crippen LogP contribution >= 0.6 is 12.2 Å². The Bertz CT molecular complexity index is 733. The van der Waals surface area contributed by atoms with Gasteiger partial charge in [-0.2, -0.15) is 5.26 Å². The van der Waals surface area contributed by atoms with Crippen LogP contribution in [0.3, 0.4) is 0 Å². The van der Waals surface area contributed by atoms with E-state index in [0.29, 0.717) is 23.8 Å². The molecule has 0 saturated heterocycles. The van der Waals surface area contributed by atoms with Gasteiger partial charge in [0.25, 0.3) is 0 Å². The SMILES string of the molecule is Cc1cc(NC(=S)NCCN)c(C)c2c(C#N)ccnc12. The van der Waals surface area contributed by atoms with Gasteiger partial charge in [0, 0.05) is 30.4 Å². The highest BCUT2D eigenvalue weighted by atomic mass is 32.1. The van der Waals surface area contributed by atoms with Crippen LogP contribution in [-0.2, 0) is 0 Å². The molecule has 0 aliphatic heterocycles. The number of pyridine rings is 1. The Morgan fingerprint density at radius 1 is 1.48 bits per heavy atom. The van der Waals surface area contributed by atoms with E-state index in [9.17, 15) is 5.26 Å². The maximum atomic E-state index is 9.29. The van der Waals surface area contributed by atoms with Crippen LogP contribution in [0.15, 0.2) is 18.3 Å². The molecule has 6 heteroatoms. The normalized spacial score (nSPS) is 10.2. The number of nitrogens with zero attached hydrogens (tertiary/aromatic N) is 2. The fourth-order valence-corrected chi connectivity index (χ4v) is 2.46. The van der Waals surface area contributed by atoms with Crippen molar-refractivity contribution in [3.8, 4) is 6.07 Å². The molecule has 1 heterocycles. The minimum Gasteiger partial charge on any atom is -0.361 e. The van der Waals surface area contributed by atoms with Gasteiger partial charge < -0.3 is 16.4 Å². The minimum absolute atomic E-state index is 0.514. The molecule has 0 amide bonds. The quantitative estimate of drug-likeness (QED) is 0.751. The van der Waals surface area contributed by atoms with Gasteiger partial charge in [-0.05, 0) is 49.3 Å². The number of aromatic nitrogens is 1. The van der Waals surface area contributed by atoms with Crippen molar-refractivity contribution in [3.63, 3.8) is 0 Å². The Balaban J connectivity index is 2.49. The molecule has 0 radical (unpaired) electrons. The number of hydrogen-bond acceptors (Lipinski definition) is 4. The Hall–Kier alpha value is -2.23. The number of thiocarbonyl (C=S) groups is 1. The van der Waals surface area contributed by atoms with Gasteiger partial charge in [0.15, 0.2) is 5.11 Å². The Morgan fingerprint density at radius 3 is 2.90 bits per heavy atom. The summed E-state index contributed by atoms with van der Waals surface area (Å²) in [6.45, 7) is 5.05. The number of hydrogen-bond donors (Lipinski definition) is 3. The second-order valence-corrected chi connectivity index (χ2v) is 5.14. The predicted octanol–water partition coefficient (Wildman–Crippen LogP) is 1.97. The van der Waals surface area contributed by atoms with Crippen molar-refractivity contribution < 1.29 is 0 Å². The number of anilines is 1. The van der Waals surface area contributed by atoms with Crippen molar-refractivity contribution in [2.24, 2.45) is 5.73 Å². The van der Waals surface area contributed by atoms with E-state index in [0.717, 1.165) is 27.7 Å². The molecule has 0 aliphatic carbocycles. The monoisotopic (exact) mass is 299 g/mol. The van der Waals surface area contributed by atoms with Crippen LogP contribution in [0.4, 0.5) is 5.69 Å². The first-order valence-corrected chi connectivity index (χ1v) is 7.03. The summed E-state index contributed by atoms with van der Waals surface area (Å²) in [5.41, 5.74) is 9.73. The topological polar surface area (TPSA) is 86.8 Å².